The predicted octanol–water partition coefficient (Wildman–Crippen LogP) is 3.42. The van der Waals surface area contributed by atoms with Crippen molar-refractivity contribution in [1.29, 1.82) is 0 Å². The molecule has 0 aliphatic carbocycles. The molecule has 4 aromatic heterocycles. The lowest BCUT2D eigenvalue weighted by molar-refractivity contribution is -0.128. The molecule has 4 aromatic rings. The number of carbonyl (C=O) groups is 1. The number of halogens is 1. The number of aromatic nitrogens is 7. The molecule has 0 aromatic carbocycles. The summed E-state index contributed by atoms with van der Waals surface area (Å²) in [5.41, 5.74) is 2.12. The molecule has 216 valence electrons. The van der Waals surface area contributed by atoms with Crippen molar-refractivity contribution in [2.24, 2.45) is 0 Å². The van der Waals surface area contributed by atoms with Gasteiger partial charge in [-0.15, -0.1) is 5.10 Å². The number of rotatable bonds is 3. The van der Waals surface area contributed by atoms with Crippen LogP contribution in [0.1, 0.15) is 44.9 Å². The van der Waals surface area contributed by atoms with Crippen LogP contribution < -0.4 is 10.6 Å². The van der Waals surface area contributed by atoms with Crippen LogP contribution in [-0.2, 0) is 17.8 Å². The number of fused-ring (bicyclic) bond motifs is 6. The van der Waals surface area contributed by atoms with Crippen molar-refractivity contribution in [3.05, 3.63) is 76.9 Å². The van der Waals surface area contributed by atoms with E-state index in [4.69, 9.17) is 4.98 Å². The van der Waals surface area contributed by atoms with E-state index in [-0.39, 0.29) is 40.9 Å². The predicted molar refractivity (Wildman–Crippen MR) is 157 cm³/mol. The van der Waals surface area contributed by atoms with Crippen molar-refractivity contribution in [3.8, 4) is 17.1 Å². The zero-order chi connectivity index (χ0) is 29.7. The van der Waals surface area contributed by atoms with Gasteiger partial charge < -0.3 is 9.80 Å². The van der Waals surface area contributed by atoms with E-state index in [1.165, 1.54) is 16.7 Å². The maximum absolute atomic E-state index is 15.9. The molecule has 2 aliphatic heterocycles. The number of hydrogen-bond donors (Lipinski definition) is 0. The summed E-state index contributed by atoms with van der Waals surface area (Å²) in [6.45, 7) is 12.8. The van der Waals surface area contributed by atoms with Crippen molar-refractivity contribution in [2.75, 3.05) is 18.0 Å². The minimum Gasteiger partial charge on any atom is -0.349 e. The fraction of sp³-hybridized carbons (Fsp3) is 0.367. The van der Waals surface area contributed by atoms with Crippen molar-refractivity contribution in [3.63, 3.8) is 0 Å². The molecule has 0 spiro atoms. The highest BCUT2D eigenvalue weighted by Crippen LogP contribution is 2.34. The zero-order valence-corrected chi connectivity index (χ0v) is 24.0. The summed E-state index contributed by atoms with van der Waals surface area (Å²) < 4.78 is 19.0. The Bertz CT molecular complexity index is 1810. The number of hydrogen-bond acceptors (Lipinski definition) is 8. The van der Waals surface area contributed by atoms with E-state index in [1.54, 1.807) is 22.0 Å². The van der Waals surface area contributed by atoms with E-state index in [2.05, 4.69) is 26.9 Å². The van der Waals surface area contributed by atoms with E-state index in [0.717, 1.165) is 5.56 Å². The average molecular weight is 570 g/mol. The molecule has 6 heterocycles. The smallest absolute Gasteiger partial charge is 0.349 e. The molecule has 0 radical (unpaired) electrons. The van der Waals surface area contributed by atoms with Gasteiger partial charge in [0.05, 0.1) is 29.5 Å². The molecule has 42 heavy (non-hydrogen) atoms. The third-order valence-electron chi connectivity index (χ3n) is 7.90. The maximum Gasteiger partial charge on any atom is 0.355 e. The Morgan fingerprint density at radius 2 is 1.98 bits per heavy atom. The third kappa shape index (κ3) is 4.56. The number of pyridine rings is 2. The number of amides is 1. The molecular weight excluding hydrogens is 537 g/mol. The van der Waals surface area contributed by atoms with Crippen LogP contribution in [0.3, 0.4) is 0 Å². The minimum absolute atomic E-state index is 0.0124. The van der Waals surface area contributed by atoms with Gasteiger partial charge >= 0.3 is 5.69 Å². The topological polar surface area (TPSA) is 115 Å². The Balaban J connectivity index is 1.66. The molecule has 6 rings (SSSR count). The van der Waals surface area contributed by atoms with Crippen LogP contribution in [0.4, 0.5) is 10.2 Å². The molecule has 2 atom stereocenters. The fourth-order valence-electron chi connectivity index (χ4n) is 5.80. The summed E-state index contributed by atoms with van der Waals surface area (Å²) in [7, 11) is 0. The first-order valence-electron chi connectivity index (χ1n) is 14.0. The van der Waals surface area contributed by atoms with Crippen molar-refractivity contribution < 1.29 is 9.18 Å². The average Bonchev–Trinajstić information content (AvgIpc) is 3.44. The largest absolute Gasteiger partial charge is 0.355 e. The van der Waals surface area contributed by atoms with Gasteiger partial charge in [0.1, 0.15) is 17.2 Å². The third-order valence-corrected chi connectivity index (χ3v) is 7.90. The van der Waals surface area contributed by atoms with Crippen LogP contribution in [0.5, 0.6) is 0 Å². The second-order valence-electron chi connectivity index (χ2n) is 11.1. The molecular formula is C30H32FN9O2. The molecule has 1 fully saturated rings. The first-order chi connectivity index (χ1) is 20.2. The number of anilines is 1. The molecule has 11 nitrogen and oxygen atoms in total. The maximum atomic E-state index is 15.9. The summed E-state index contributed by atoms with van der Waals surface area (Å²) >= 11 is 0. The molecule has 0 saturated carbocycles. The summed E-state index contributed by atoms with van der Waals surface area (Å²) in [6.07, 6.45) is 9.16. The number of piperazine rings is 1. The number of nitrogens with zero attached hydrogens (tertiary/aromatic N) is 9. The van der Waals surface area contributed by atoms with Gasteiger partial charge in [0.25, 0.3) is 0 Å². The van der Waals surface area contributed by atoms with Gasteiger partial charge in [0, 0.05) is 31.4 Å². The lowest BCUT2D eigenvalue weighted by atomic mass is 10.0. The Morgan fingerprint density at radius 1 is 1.17 bits per heavy atom. The van der Waals surface area contributed by atoms with Crippen molar-refractivity contribution >= 4 is 22.8 Å². The highest BCUT2D eigenvalue weighted by Gasteiger charge is 2.34. The van der Waals surface area contributed by atoms with Gasteiger partial charge in [0.2, 0.25) is 5.91 Å². The van der Waals surface area contributed by atoms with E-state index in [0.29, 0.717) is 48.6 Å². The van der Waals surface area contributed by atoms with Crippen molar-refractivity contribution in [1.82, 2.24) is 39.4 Å². The lowest BCUT2D eigenvalue weighted by Gasteiger charge is -2.44. The molecule has 0 N–H and O–H groups in total. The second-order valence-corrected chi connectivity index (χ2v) is 11.1. The molecule has 2 aliphatic rings. The normalized spacial score (nSPS) is 19.3. The van der Waals surface area contributed by atoms with E-state index >= 15 is 4.39 Å². The van der Waals surface area contributed by atoms with Crippen LogP contribution in [0.25, 0.3) is 28.1 Å². The molecule has 4 bridgehead atoms. The Labute approximate surface area is 242 Å². The van der Waals surface area contributed by atoms with Gasteiger partial charge in [-0.25, -0.2) is 23.4 Å². The van der Waals surface area contributed by atoms with Gasteiger partial charge in [-0.3, -0.25) is 9.78 Å². The highest BCUT2D eigenvalue weighted by molar-refractivity contribution is 5.91. The van der Waals surface area contributed by atoms with Crippen LogP contribution in [-0.4, -0.2) is 70.5 Å². The Kier molecular flexibility index (Phi) is 6.91. The summed E-state index contributed by atoms with van der Waals surface area (Å²) in [5, 5.41) is 8.67. The van der Waals surface area contributed by atoms with E-state index in [1.807, 2.05) is 50.8 Å². The van der Waals surface area contributed by atoms with Crippen molar-refractivity contribution in [2.45, 2.75) is 58.7 Å². The zero-order valence-electron chi connectivity index (χ0n) is 24.0. The van der Waals surface area contributed by atoms with Crippen LogP contribution in [0.2, 0.25) is 0 Å². The Morgan fingerprint density at radius 3 is 2.74 bits per heavy atom. The van der Waals surface area contributed by atoms with Gasteiger partial charge in [-0.05, 0) is 50.0 Å². The number of carbonyl (C=O) groups excluding carboxylic acids is 1. The second kappa shape index (κ2) is 10.6. The standard InChI is InChI=1S/C30H32FN9O2/c1-6-24(41)38-14-19(5)39(15-18(38)4)28-21-13-22(31)26-23-16-37(36-35-23)12-8-7-9-20-10-11-32-25(17(2)3)27(20)40(29(21)33-26)30(42)34-28/h6-8,10-11,13,16-19H,1,9,12,14-15H2,2-5H3/b8-7-. The summed E-state index contributed by atoms with van der Waals surface area (Å²) in [5.74, 6) is -0.468. The van der Waals surface area contributed by atoms with Crippen LogP contribution >= 0.6 is 0 Å². The molecule has 2 unspecified atom stereocenters. The quantitative estimate of drug-likeness (QED) is 0.272. The van der Waals surface area contributed by atoms with Crippen LogP contribution in [0.15, 0.2) is 54.1 Å². The van der Waals surface area contributed by atoms with Crippen LogP contribution in [0, 0.1) is 5.82 Å². The monoisotopic (exact) mass is 569 g/mol. The summed E-state index contributed by atoms with van der Waals surface area (Å²) in [4.78, 5) is 44.3. The van der Waals surface area contributed by atoms with E-state index in [9.17, 15) is 9.59 Å². The summed E-state index contributed by atoms with van der Waals surface area (Å²) in [6, 6.07) is 2.85. The van der Waals surface area contributed by atoms with Gasteiger partial charge in [-0.1, -0.05) is 37.8 Å². The molecule has 1 amide bonds. The molecule has 12 heteroatoms. The van der Waals surface area contributed by atoms with E-state index < -0.39 is 11.5 Å². The minimum atomic E-state index is -0.607. The van der Waals surface area contributed by atoms with Gasteiger partial charge in [-0.2, -0.15) is 4.98 Å². The first-order valence-corrected chi connectivity index (χ1v) is 14.0. The number of allylic oxidation sites excluding steroid dienone is 2. The van der Waals surface area contributed by atoms with Gasteiger partial charge in [0.15, 0.2) is 11.5 Å². The SMILES string of the molecule is C=CC(=O)N1CC(C)N(c2nc(=O)n3c4nc(c(F)cc24)-c2cn(nn2)C/C=C\Cc2ccnc(C(C)C)c2-3)CC1C. The first kappa shape index (κ1) is 27.4. The molecule has 1 saturated heterocycles. The fourth-order valence-corrected chi connectivity index (χ4v) is 5.80. The Hall–Kier alpha value is -4.74. The lowest BCUT2D eigenvalue weighted by Crippen LogP contribution is -2.58. The highest BCUT2D eigenvalue weighted by atomic mass is 19.1.